The van der Waals surface area contributed by atoms with Gasteiger partial charge in [0.2, 0.25) is 5.91 Å². The molecule has 0 saturated heterocycles. The van der Waals surface area contributed by atoms with Crippen LogP contribution in [0.15, 0.2) is 22.9 Å². The first kappa shape index (κ1) is 12.1. The number of halogens is 1. The SMILES string of the molecule is CNC(=O)CN(C)Cc1cncc(Br)c1. The fraction of sp³-hybridized carbons (Fsp3) is 0.400. The quantitative estimate of drug-likeness (QED) is 0.890. The predicted molar refractivity (Wildman–Crippen MR) is 62.3 cm³/mol. The summed E-state index contributed by atoms with van der Waals surface area (Å²) >= 11 is 3.36. The zero-order valence-electron chi connectivity index (χ0n) is 8.83. The van der Waals surface area contributed by atoms with E-state index in [-0.39, 0.29) is 5.91 Å². The van der Waals surface area contributed by atoms with Crippen molar-refractivity contribution in [1.82, 2.24) is 15.2 Å². The van der Waals surface area contributed by atoms with E-state index in [1.54, 1.807) is 19.4 Å². The topological polar surface area (TPSA) is 45.2 Å². The molecule has 5 heteroatoms. The zero-order chi connectivity index (χ0) is 11.3. The highest BCUT2D eigenvalue weighted by atomic mass is 79.9. The van der Waals surface area contributed by atoms with Crippen molar-refractivity contribution >= 4 is 21.8 Å². The monoisotopic (exact) mass is 271 g/mol. The van der Waals surface area contributed by atoms with Crippen molar-refractivity contribution in [2.45, 2.75) is 6.54 Å². The number of rotatable bonds is 4. The molecule has 0 spiro atoms. The maximum atomic E-state index is 11.1. The molecule has 0 saturated carbocycles. The number of pyridine rings is 1. The number of nitrogens with one attached hydrogen (secondary N) is 1. The van der Waals surface area contributed by atoms with Gasteiger partial charge < -0.3 is 5.32 Å². The number of carbonyl (C=O) groups excluding carboxylic acids is 1. The molecule has 0 atom stereocenters. The molecular formula is C10H14BrN3O. The fourth-order valence-corrected chi connectivity index (χ4v) is 1.65. The van der Waals surface area contributed by atoms with Crippen molar-refractivity contribution in [2.75, 3.05) is 20.6 Å². The Hall–Kier alpha value is -0.940. The van der Waals surface area contributed by atoms with E-state index >= 15 is 0 Å². The lowest BCUT2D eigenvalue weighted by Crippen LogP contribution is -2.32. The molecule has 0 unspecified atom stereocenters. The summed E-state index contributed by atoms with van der Waals surface area (Å²) in [5, 5.41) is 2.59. The van der Waals surface area contributed by atoms with Gasteiger partial charge in [-0.15, -0.1) is 0 Å². The standard InChI is InChI=1S/C10H14BrN3O/c1-12-10(15)7-14(2)6-8-3-9(11)5-13-4-8/h3-5H,6-7H2,1-2H3,(H,12,15). The molecule has 15 heavy (non-hydrogen) atoms. The average Bonchev–Trinajstić information content (AvgIpc) is 2.17. The van der Waals surface area contributed by atoms with E-state index in [0.717, 1.165) is 10.0 Å². The van der Waals surface area contributed by atoms with Crippen LogP contribution in [0, 0.1) is 0 Å². The summed E-state index contributed by atoms with van der Waals surface area (Å²) < 4.78 is 0.952. The number of aromatic nitrogens is 1. The van der Waals surface area contributed by atoms with Crippen LogP contribution in [0.2, 0.25) is 0 Å². The Balaban J connectivity index is 2.51. The molecule has 0 fully saturated rings. The molecule has 1 heterocycles. The van der Waals surface area contributed by atoms with Crippen LogP contribution in [0.3, 0.4) is 0 Å². The zero-order valence-corrected chi connectivity index (χ0v) is 10.4. The first-order valence-corrected chi connectivity index (χ1v) is 5.39. The molecule has 0 aromatic carbocycles. The van der Waals surface area contributed by atoms with Gasteiger partial charge in [0.25, 0.3) is 0 Å². The molecule has 1 aromatic rings. The molecule has 1 rings (SSSR count). The molecule has 0 bridgehead atoms. The van der Waals surface area contributed by atoms with Gasteiger partial charge in [0, 0.05) is 30.5 Å². The summed E-state index contributed by atoms with van der Waals surface area (Å²) in [6.45, 7) is 1.10. The molecule has 0 aliphatic rings. The molecule has 1 aromatic heterocycles. The van der Waals surface area contributed by atoms with Crippen molar-refractivity contribution in [2.24, 2.45) is 0 Å². The van der Waals surface area contributed by atoms with E-state index < -0.39 is 0 Å². The summed E-state index contributed by atoms with van der Waals surface area (Å²) in [6.07, 6.45) is 3.54. The molecule has 1 N–H and O–H groups in total. The van der Waals surface area contributed by atoms with Gasteiger partial charge in [-0.2, -0.15) is 0 Å². The van der Waals surface area contributed by atoms with Gasteiger partial charge in [0.05, 0.1) is 6.54 Å². The third-order valence-corrected chi connectivity index (χ3v) is 2.34. The highest BCUT2D eigenvalue weighted by molar-refractivity contribution is 9.10. The lowest BCUT2D eigenvalue weighted by Gasteiger charge is -2.15. The highest BCUT2D eigenvalue weighted by Gasteiger charge is 2.05. The second-order valence-electron chi connectivity index (χ2n) is 3.36. The van der Waals surface area contributed by atoms with Gasteiger partial charge in [0.1, 0.15) is 0 Å². The van der Waals surface area contributed by atoms with Crippen molar-refractivity contribution < 1.29 is 4.79 Å². The van der Waals surface area contributed by atoms with Crippen molar-refractivity contribution in [3.8, 4) is 0 Å². The summed E-state index contributed by atoms with van der Waals surface area (Å²) in [7, 11) is 3.53. The largest absolute Gasteiger partial charge is 0.358 e. The third kappa shape index (κ3) is 4.40. The van der Waals surface area contributed by atoms with E-state index in [4.69, 9.17) is 0 Å². The third-order valence-electron chi connectivity index (χ3n) is 1.91. The van der Waals surface area contributed by atoms with Gasteiger partial charge in [-0.05, 0) is 34.6 Å². The maximum Gasteiger partial charge on any atom is 0.233 e. The highest BCUT2D eigenvalue weighted by Crippen LogP contribution is 2.10. The molecule has 82 valence electrons. The van der Waals surface area contributed by atoms with Crippen LogP contribution in [-0.2, 0) is 11.3 Å². The van der Waals surface area contributed by atoms with E-state index in [2.05, 4.69) is 26.2 Å². The molecule has 0 aliphatic carbocycles. The van der Waals surface area contributed by atoms with Crippen LogP contribution < -0.4 is 5.32 Å². The van der Waals surface area contributed by atoms with Gasteiger partial charge in [-0.25, -0.2) is 0 Å². The smallest absolute Gasteiger partial charge is 0.233 e. The normalized spacial score (nSPS) is 10.4. The summed E-state index contributed by atoms with van der Waals surface area (Å²) in [4.78, 5) is 17.1. The Bertz CT molecular complexity index is 343. The Morgan fingerprint density at radius 1 is 1.60 bits per heavy atom. The van der Waals surface area contributed by atoms with E-state index in [1.807, 2.05) is 18.0 Å². The lowest BCUT2D eigenvalue weighted by molar-refractivity contribution is -0.121. The lowest BCUT2D eigenvalue weighted by atomic mass is 10.3. The number of hydrogen-bond acceptors (Lipinski definition) is 3. The summed E-state index contributed by atoms with van der Waals surface area (Å²) in [5.41, 5.74) is 1.08. The van der Waals surface area contributed by atoms with Crippen LogP contribution in [0.4, 0.5) is 0 Å². The minimum Gasteiger partial charge on any atom is -0.358 e. The van der Waals surface area contributed by atoms with Crippen LogP contribution >= 0.6 is 15.9 Å². The number of carbonyl (C=O) groups is 1. The van der Waals surface area contributed by atoms with Gasteiger partial charge in [0.15, 0.2) is 0 Å². The molecule has 0 radical (unpaired) electrons. The van der Waals surface area contributed by atoms with Crippen LogP contribution in [-0.4, -0.2) is 36.4 Å². The number of nitrogens with zero attached hydrogens (tertiary/aromatic N) is 2. The Kier molecular flexibility index (Phi) is 4.71. The van der Waals surface area contributed by atoms with Crippen LogP contribution in [0.1, 0.15) is 5.56 Å². The molecular weight excluding hydrogens is 258 g/mol. The van der Waals surface area contributed by atoms with E-state index in [9.17, 15) is 4.79 Å². The number of amides is 1. The molecule has 0 aliphatic heterocycles. The first-order chi connectivity index (χ1) is 7.11. The summed E-state index contributed by atoms with van der Waals surface area (Å²) in [5.74, 6) is 0.0143. The first-order valence-electron chi connectivity index (χ1n) is 4.60. The van der Waals surface area contributed by atoms with Gasteiger partial charge in [-0.3, -0.25) is 14.7 Å². The fourth-order valence-electron chi connectivity index (χ4n) is 1.23. The minimum atomic E-state index is 0.0143. The minimum absolute atomic E-state index is 0.0143. The summed E-state index contributed by atoms with van der Waals surface area (Å²) in [6, 6.07) is 1.99. The van der Waals surface area contributed by atoms with Crippen molar-refractivity contribution in [1.29, 1.82) is 0 Å². The van der Waals surface area contributed by atoms with Crippen LogP contribution in [0.25, 0.3) is 0 Å². The number of likely N-dealkylation sites (N-methyl/N-ethyl adjacent to an activating group) is 2. The molecule has 4 nitrogen and oxygen atoms in total. The predicted octanol–water partition coefficient (Wildman–Crippen LogP) is 1.02. The molecule has 1 amide bonds. The second kappa shape index (κ2) is 5.82. The Morgan fingerprint density at radius 2 is 2.33 bits per heavy atom. The average molecular weight is 272 g/mol. The van der Waals surface area contributed by atoms with E-state index in [0.29, 0.717) is 13.1 Å². The van der Waals surface area contributed by atoms with Gasteiger partial charge >= 0.3 is 0 Å². The second-order valence-corrected chi connectivity index (χ2v) is 4.27. The Morgan fingerprint density at radius 3 is 2.93 bits per heavy atom. The van der Waals surface area contributed by atoms with Gasteiger partial charge in [-0.1, -0.05) is 0 Å². The van der Waals surface area contributed by atoms with Crippen molar-refractivity contribution in [3.05, 3.63) is 28.5 Å². The Labute approximate surface area is 97.8 Å². The van der Waals surface area contributed by atoms with Crippen molar-refractivity contribution in [3.63, 3.8) is 0 Å². The maximum absolute atomic E-state index is 11.1. The van der Waals surface area contributed by atoms with Crippen LogP contribution in [0.5, 0.6) is 0 Å². The number of hydrogen-bond donors (Lipinski definition) is 1. The van der Waals surface area contributed by atoms with E-state index in [1.165, 1.54) is 0 Å².